The van der Waals surface area contributed by atoms with Gasteiger partial charge in [-0.05, 0) is 215 Å². The summed E-state index contributed by atoms with van der Waals surface area (Å²) in [5, 5.41) is 7.69. The molecule has 664 valence electrons. The van der Waals surface area contributed by atoms with E-state index in [4.69, 9.17) is 4.42 Å². The number of fused-ring (bicyclic) bond motifs is 1. The fourth-order valence-corrected chi connectivity index (χ4v) is 12.2. The van der Waals surface area contributed by atoms with E-state index >= 15 is 0 Å². The lowest BCUT2D eigenvalue weighted by Gasteiger charge is -2.18. The van der Waals surface area contributed by atoms with Gasteiger partial charge in [-0.15, -0.1) is 11.3 Å². The third kappa shape index (κ3) is 48.7. The quantitative estimate of drug-likeness (QED) is 0.158. The number of aliphatic imine (C=N–C) groups is 1. The van der Waals surface area contributed by atoms with Crippen molar-refractivity contribution < 1.29 is 4.42 Å². The van der Waals surface area contributed by atoms with Crippen LogP contribution in [0.4, 0.5) is 0 Å². The number of hydrogen-bond acceptors (Lipinski definition) is 13. The molecule has 0 saturated carbocycles. The number of aromatic nitrogens is 9. The van der Waals surface area contributed by atoms with E-state index in [-0.39, 0.29) is 21.7 Å². The molecule has 12 aromatic rings. The average Bonchev–Trinajstić information content (AvgIpc) is 1.52. The Hall–Kier alpha value is -9.82. The van der Waals surface area contributed by atoms with Crippen LogP contribution >= 0.6 is 22.7 Å². The molecule has 0 bridgehead atoms. The molecule has 2 aromatic carbocycles. The van der Waals surface area contributed by atoms with E-state index in [2.05, 4.69) is 410 Å². The van der Waals surface area contributed by atoms with Gasteiger partial charge in [0.2, 0.25) is 0 Å². The largest absolute Gasteiger partial charge is 0.469 e. The molecular formula is C110H156N10OS2. The number of allylic oxidation sites excluding steroid dienone is 5. The smallest absolute Gasteiger partial charge is 0.115 e. The average molecular weight is 1700 g/mol. The molecule has 2 aliphatic rings. The summed E-state index contributed by atoms with van der Waals surface area (Å²) < 4.78 is 5.20. The molecule has 13 heteroatoms. The number of nitrogens with zero attached hydrogens (tertiary/aromatic N) is 10. The summed E-state index contributed by atoms with van der Waals surface area (Å²) in [7, 11) is 0. The Morgan fingerprint density at radius 3 is 1.24 bits per heavy atom. The van der Waals surface area contributed by atoms with Gasteiger partial charge in [0.15, 0.2) is 0 Å². The number of hydrogen-bond donors (Lipinski definition) is 0. The molecule has 1 aliphatic carbocycles. The Morgan fingerprint density at radius 1 is 0.350 bits per heavy atom. The Bertz CT molecular complexity index is 4280. The Labute approximate surface area is 755 Å². The third-order valence-electron chi connectivity index (χ3n) is 18.9. The first-order chi connectivity index (χ1) is 57.5. The molecule has 123 heavy (non-hydrogen) atoms. The van der Waals surface area contributed by atoms with Crippen molar-refractivity contribution in [3.05, 3.63) is 352 Å². The minimum absolute atomic E-state index is 0.156. The highest BCUT2D eigenvalue weighted by molar-refractivity contribution is 7.10. The van der Waals surface area contributed by atoms with E-state index in [0.29, 0.717) is 51.8 Å². The fourth-order valence-electron chi connectivity index (χ4n) is 10.5. The lowest BCUT2D eigenvalue weighted by atomic mass is 9.87. The first-order valence-corrected chi connectivity index (χ1v) is 45.6. The van der Waals surface area contributed by atoms with Crippen molar-refractivity contribution in [2.75, 3.05) is 6.54 Å². The van der Waals surface area contributed by atoms with Crippen molar-refractivity contribution >= 4 is 39.3 Å². The van der Waals surface area contributed by atoms with Crippen molar-refractivity contribution in [3.8, 4) is 0 Å². The van der Waals surface area contributed by atoms with Gasteiger partial charge in [0, 0.05) is 113 Å². The Balaban J connectivity index is 0.000000452. The highest BCUT2D eigenvalue weighted by atomic mass is 32.1. The number of benzene rings is 2. The number of thiophene rings is 2. The normalized spacial score (nSPS) is 12.0. The van der Waals surface area contributed by atoms with E-state index in [1.165, 1.54) is 60.5 Å². The molecule has 0 atom stereocenters. The second kappa shape index (κ2) is 56.1. The number of para-hydroxylation sites is 1. The van der Waals surface area contributed by atoms with E-state index in [9.17, 15) is 0 Å². The second-order valence-electron chi connectivity index (χ2n) is 39.3. The summed E-state index contributed by atoms with van der Waals surface area (Å²) in [5.41, 5.74) is 17.1. The van der Waals surface area contributed by atoms with Crippen molar-refractivity contribution in [2.24, 2.45) is 16.8 Å². The van der Waals surface area contributed by atoms with E-state index in [1.807, 2.05) is 128 Å². The topological polar surface area (TPSA) is 142 Å². The first-order valence-electron chi connectivity index (χ1n) is 43.7. The van der Waals surface area contributed by atoms with Crippen LogP contribution < -0.4 is 0 Å². The summed E-state index contributed by atoms with van der Waals surface area (Å²) in [4.78, 5) is 42.1. The molecule has 0 N–H and O–H groups in total. The highest BCUT2D eigenvalue weighted by Crippen LogP contribution is 2.29. The maximum atomic E-state index is 5.20. The zero-order chi connectivity index (χ0) is 92.5. The first kappa shape index (κ1) is 109. The van der Waals surface area contributed by atoms with Crippen LogP contribution in [0.1, 0.15) is 320 Å². The van der Waals surface area contributed by atoms with E-state index in [0.717, 1.165) is 35.6 Å². The minimum atomic E-state index is 0.156. The Kier molecular flexibility index (Phi) is 49.9. The summed E-state index contributed by atoms with van der Waals surface area (Å²) in [6.07, 6.45) is 39.0. The maximum absolute atomic E-state index is 5.20. The van der Waals surface area contributed by atoms with E-state index in [1.54, 1.807) is 48.7 Å². The van der Waals surface area contributed by atoms with Gasteiger partial charge in [0.1, 0.15) is 12.1 Å². The standard InChI is InChI=1S/C12H13N.C10H14.3C9H13N.C8H11N.C8H12O.2C8H12S.C8H12.2C7H10N2.C7H11N/c1-9(2)11-7-10-5-3-4-6-12(10)13-8-11;1-10(2,3)9-7-5-4-6-8-9;1-9(2,3)8-4-6-10-7-5-8;1-9(2,3)8-5-4-6-10-7-8;1-9(2,3)8-6-4-5-7-10-8;1-7(2)8-3-5-9-6-4-8;1-8(2,3)7-5-4-6-9-7;1-8(2,3)7-4-5-9-6-7;1-8(2,3)7-5-4-6-9-7;1-7(2)8-5-3-4-6-8;1-6(2)7-3-8-5-9-4-7;1-6(2)7-5-8-3-4-9-7;1-6(2)7-4-3-5-8-7/h3-9H,1-2H3;4-8H,1-3H3;3*4-7H,1-3H3;3-7H,1-2H3;3*4-6H,1-3H3;3,5-7H,4H2,1-2H3;2*3-6H,1-2H3;3-4,6H,5H2,1-2H3. The summed E-state index contributed by atoms with van der Waals surface area (Å²) in [5.74, 6) is 4.56. The minimum Gasteiger partial charge on any atom is -0.469 e. The monoisotopic (exact) mass is 1700 g/mol. The van der Waals surface area contributed by atoms with Gasteiger partial charge >= 0.3 is 0 Å². The molecule has 0 unspecified atom stereocenters. The molecule has 1 aliphatic heterocycles. The van der Waals surface area contributed by atoms with Crippen LogP contribution in [0.25, 0.3) is 10.9 Å². The van der Waals surface area contributed by atoms with Crippen LogP contribution in [0.5, 0.6) is 0 Å². The molecule has 0 spiro atoms. The summed E-state index contributed by atoms with van der Waals surface area (Å²) >= 11 is 3.60. The van der Waals surface area contributed by atoms with Crippen LogP contribution in [0.15, 0.2) is 300 Å². The van der Waals surface area contributed by atoms with Crippen LogP contribution in [0.3, 0.4) is 0 Å². The zero-order valence-electron chi connectivity index (χ0n) is 81.7. The van der Waals surface area contributed by atoms with Crippen molar-refractivity contribution in [1.29, 1.82) is 0 Å². The molecule has 0 radical (unpaired) electrons. The molecule has 11 heterocycles. The van der Waals surface area contributed by atoms with Gasteiger partial charge in [-0.1, -0.05) is 320 Å². The van der Waals surface area contributed by atoms with E-state index < -0.39 is 0 Å². The van der Waals surface area contributed by atoms with Gasteiger partial charge in [0.25, 0.3) is 0 Å². The summed E-state index contributed by atoms with van der Waals surface area (Å²) in [6.45, 7) is 72.9. The van der Waals surface area contributed by atoms with Crippen molar-refractivity contribution in [2.45, 2.75) is 296 Å². The molecule has 0 saturated heterocycles. The lowest BCUT2D eigenvalue weighted by molar-refractivity contribution is 0.409. The second-order valence-corrected chi connectivity index (χ2v) is 41.0. The van der Waals surface area contributed by atoms with Gasteiger partial charge in [0.05, 0.1) is 24.0 Å². The predicted molar refractivity (Wildman–Crippen MR) is 537 cm³/mol. The predicted octanol–water partition coefficient (Wildman–Crippen LogP) is 31.7. The molecule has 0 amide bonds. The number of rotatable bonds is 6. The van der Waals surface area contributed by atoms with Gasteiger partial charge in [-0.25, -0.2) is 9.97 Å². The number of furan rings is 1. The number of pyridine rings is 5. The molecule has 0 fully saturated rings. The van der Waals surface area contributed by atoms with Gasteiger partial charge in [-0.2, -0.15) is 11.3 Å². The molecule has 10 aromatic heterocycles. The SMILES string of the molecule is CC(C)(C)c1ccccc1.CC(C)(C)c1ccccn1.CC(C)(C)c1cccnc1.CC(C)(C)c1ccco1.CC(C)(C)c1cccs1.CC(C)(C)c1ccncc1.CC(C)(C)c1ccsc1.CC(C)C1=CCC=C1.CC(C)C1=NCC=C1.CC(C)c1ccncc1.CC(C)c1cnc2ccccc2c1.CC(C)c1cnccn1.CC(C)c1cncnc1. The Morgan fingerprint density at radius 2 is 0.911 bits per heavy atom. The van der Waals surface area contributed by atoms with Crippen LogP contribution in [0.2, 0.25) is 0 Å². The zero-order valence-corrected chi connectivity index (χ0v) is 83.3. The third-order valence-corrected chi connectivity index (χ3v) is 20.8. The lowest BCUT2D eigenvalue weighted by Crippen LogP contribution is -2.12. The van der Waals surface area contributed by atoms with Crippen LogP contribution in [0, 0.1) is 11.8 Å². The van der Waals surface area contributed by atoms with Crippen LogP contribution in [-0.2, 0) is 37.9 Å². The summed E-state index contributed by atoms with van der Waals surface area (Å²) in [6, 6.07) is 49.7. The van der Waals surface area contributed by atoms with Crippen LogP contribution in [-0.4, -0.2) is 57.1 Å². The molecular weight excluding hydrogens is 1540 g/mol. The van der Waals surface area contributed by atoms with Gasteiger partial charge in [-0.3, -0.25) is 39.9 Å². The maximum Gasteiger partial charge on any atom is 0.115 e. The van der Waals surface area contributed by atoms with Crippen molar-refractivity contribution in [3.63, 3.8) is 0 Å². The molecule has 14 rings (SSSR count). The van der Waals surface area contributed by atoms with Crippen molar-refractivity contribution in [1.82, 2.24) is 44.9 Å². The van der Waals surface area contributed by atoms with Gasteiger partial charge < -0.3 is 4.42 Å². The fraction of sp³-hybridized carbons (Fsp3) is 0.436. The molecule has 11 nitrogen and oxygen atoms in total. The highest BCUT2D eigenvalue weighted by Gasteiger charge is 2.19.